The molecule has 4 nitrogen and oxygen atoms in total. The van der Waals surface area contributed by atoms with Gasteiger partial charge in [0.25, 0.3) is 0 Å². The number of ketones is 1. The van der Waals surface area contributed by atoms with Gasteiger partial charge in [0.15, 0.2) is 5.76 Å². The molecule has 0 saturated heterocycles. The Labute approximate surface area is 88.2 Å². The summed E-state index contributed by atoms with van der Waals surface area (Å²) in [6, 6.07) is 0. The van der Waals surface area contributed by atoms with Crippen LogP contribution in [-0.2, 0) is 19.1 Å². The van der Waals surface area contributed by atoms with Crippen molar-refractivity contribution < 1.29 is 19.1 Å². The summed E-state index contributed by atoms with van der Waals surface area (Å²) in [5.74, 6) is 0.306. The number of hydrogen-bond donors (Lipinski definition) is 0. The second-order valence-electron chi connectivity index (χ2n) is 4.77. The molecule has 1 heterocycles. The Morgan fingerprint density at radius 2 is 1.93 bits per heavy atom. The van der Waals surface area contributed by atoms with Crippen LogP contribution in [-0.4, -0.2) is 18.4 Å². The molecule has 0 atom stereocenters. The fourth-order valence-electron chi connectivity index (χ4n) is 1.92. The highest BCUT2D eigenvalue weighted by Gasteiger charge is 2.37. The Bertz CT molecular complexity index is 352. The van der Waals surface area contributed by atoms with Gasteiger partial charge in [-0.15, -0.1) is 0 Å². The molecule has 0 amide bonds. The monoisotopic (exact) mass is 210 g/mol. The van der Waals surface area contributed by atoms with Gasteiger partial charge in [-0.2, -0.15) is 0 Å². The summed E-state index contributed by atoms with van der Waals surface area (Å²) in [6.07, 6.45) is 1.24. The van der Waals surface area contributed by atoms with Crippen LogP contribution in [0.25, 0.3) is 0 Å². The van der Waals surface area contributed by atoms with E-state index >= 15 is 0 Å². The van der Waals surface area contributed by atoms with Crippen LogP contribution in [0.3, 0.4) is 0 Å². The standard InChI is InChI=1S/C11H14O4/c1-11(2)5-7(12)10-8(6-11)15-9(13)3-4-14-10/h3-6H2,1-2H3. The smallest absolute Gasteiger partial charge is 0.314 e. The Balaban J connectivity index is 2.33. The van der Waals surface area contributed by atoms with Gasteiger partial charge in [0, 0.05) is 12.8 Å². The molecule has 2 rings (SSSR count). The van der Waals surface area contributed by atoms with E-state index in [1.165, 1.54) is 0 Å². The fourth-order valence-corrected chi connectivity index (χ4v) is 1.92. The first-order valence-corrected chi connectivity index (χ1v) is 5.08. The van der Waals surface area contributed by atoms with Gasteiger partial charge in [-0.05, 0) is 5.41 Å². The van der Waals surface area contributed by atoms with Crippen molar-refractivity contribution in [1.82, 2.24) is 0 Å². The molecule has 0 aromatic carbocycles. The van der Waals surface area contributed by atoms with Crippen LogP contribution >= 0.6 is 0 Å². The molecule has 2 aliphatic rings. The van der Waals surface area contributed by atoms with Gasteiger partial charge in [0.05, 0.1) is 13.0 Å². The van der Waals surface area contributed by atoms with Crippen molar-refractivity contribution in [2.24, 2.45) is 5.41 Å². The van der Waals surface area contributed by atoms with Crippen molar-refractivity contribution in [3.8, 4) is 0 Å². The summed E-state index contributed by atoms with van der Waals surface area (Å²) in [5, 5.41) is 0. The van der Waals surface area contributed by atoms with E-state index < -0.39 is 0 Å². The van der Waals surface area contributed by atoms with E-state index in [1.807, 2.05) is 13.8 Å². The predicted octanol–water partition coefficient (Wildman–Crippen LogP) is 1.55. The molecule has 4 heteroatoms. The average Bonchev–Trinajstić information content (AvgIpc) is 2.23. The zero-order valence-corrected chi connectivity index (χ0v) is 8.96. The SMILES string of the molecule is CC1(C)CC(=O)C2=C(C1)OC(=O)CCO2. The first-order chi connectivity index (χ1) is 6.98. The number of rotatable bonds is 0. The van der Waals surface area contributed by atoms with Crippen LogP contribution in [0.5, 0.6) is 0 Å². The first kappa shape index (κ1) is 10.2. The highest BCUT2D eigenvalue weighted by Crippen LogP contribution is 2.38. The Hall–Kier alpha value is -1.32. The summed E-state index contributed by atoms with van der Waals surface area (Å²) in [7, 11) is 0. The topological polar surface area (TPSA) is 52.6 Å². The Morgan fingerprint density at radius 3 is 2.67 bits per heavy atom. The minimum Gasteiger partial charge on any atom is -0.486 e. The number of carbonyl (C=O) groups excluding carboxylic acids is 2. The van der Waals surface area contributed by atoms with Crippen LogP contribution in [0.4, 0.5) is 0 Å². The fraction of sp³-hybridized carbons (Fsp3) is 0.636. The molecule has 0 N–H and O–H groups in total. The summed E-state index contributed by atoms with van der Waals surface area (Å²) in [6.45, 7) is 4.20. The molecule has 0 saturated carbocycles. The zero-order chi connectivity index (χ0) is 11.1. The highest BCUT2D eigenvalue weighted by atomic mass is 16.6. The highest BCUT2D eigenvalue weighted by molar-refractivity contribution is 5.96. The minimum absolute atomic E-state index is 0.0593. The molecule has 15 heavy (non-hydrogen) atoms. The third kappa shape index (κ3) is 2.03. The van der Waals surface area contributed by atoms with Crippen molar-refractivity contribution in [2.75, 3.05) is 6.61 Å². The normalized spacial score (nSPS) is 25.2. The van der Waals surface area contributed by atoms with E-state index in [0.29, 0.717) is 18.6 Å². The molecule has 0 radical (unpaired) electrons. The van der Waals surface area contributed by atoms with Crippen molar-refractivity contribution in [1.29, 1.82) is 0 Å². The average molecular weight is 210 g/mol. The van der Waals surface area contributed by atoms with Crippen LogP contribution in [0.1, 0.15) is 33.1 Å². The third-order valence-electron chi connectivity index (χ3n) is 2.57. The lowest BCUT2D eigenvalue weighted by atomic mass is 9.79. The Kier molecular flexibility index (Phi) is 2.29. The van der Waals surface area contributed by atoms with Gasteiger partial charge in [0.1, 0.15) is 0 Å². The molecule has 0 fully saturated rings. The third-order valence-corrected chi connectivity index (χ3v) is 2.57. The van der Waals surface area contributed by atoms with Crippen molar-refractivity contribution >= 4 is 11.8 Å². The number of allylic oxidation sites excluding steroid dienone is 2. The number of carbonyl (C=O) groups is 2. The van der Waals surface area contributed by atoms with E-state index in [0.717, 1.165) is 0 Å². The second kappa shape index (κ2) is 3.36. The number of hydrogen-bond acceptors (Lipinski definition) is 4. The molecular formula is C11H14O4. The zero-order valence-electron chi connectivity index (χ0n) is 8.96. The molecule has 1 aliphatic carbocycles. The summed E-state index contributed by atoms with van der Waals surface area (Å²) in [4.78, 5) is 22.9. The van der Waals surface area contributed by atoms with Crippen molar-refractivity contribution in [3.63, 3.8) is 0 Å². The molecule has 0 aromatic heterocycles. The maximum Gasteiger partial charge on any atom is 0.314 e. The van der Waals surface area contributed by atoms with E-state index in [2.05, 4.69) is 0 Å². The van der Waals surface area contributed by atoms with Crippen molar-refractivity contribution in [3.05, 3.63) is 11.5 Å². The molecule has 1 aliphatic heterocycles. The van der Waals surface area contributed by atoms with Gasteiger partial charge in [0.2, 0.25) is 11.5 Å². The lowest BCUT2D eigenvalue weighted by molar-refractivity contribution is -0.139. The lowest BCUT2D eigenvalue weighted by Gasteiger charge is -2.29. The molecule has 0 bridgehead atoms. The lowest BCUT2D eigenvalue weighted by Crippen LogP contribution is -2.27. The number of ether oxygens (including phenoxy) is 2. The molecular weight excluding hydrogens is 196 g/mol. The number of esters is 1. The first-order valence-electron chi connectivity index (χ1n) is 5.08. The Morgan fingerprint density at radius 1 is 1.20 bits per heavy atom. The maximum absolute atomic E-state index is 11.7. The molecule has 0 unspecified atom stereocenters. The summed E-state index contributed by atoms with van der Waals surface area (Å²) < 4.78 is 10.4. The van der Waals surface area contributed by atoms with E-state index in [1.54, 1.807) is 0 Å². The van der Waals surface area contributed by atoms with E-state index in [9.17, 15) is 9.59 Å². The quantitative estimate of drug-likeness (QED) is 0.569. The molecule has 0 spiro atoms. The van der Waals surface area contributed by atoms with Crippen LogP contribution < -0.4 is 0 Å². The van der Waals surface area contributed by atoms with Gasteiger partial charge in [-0.3, -0.25) is 9.59 Å². The molecule has 82 valence electrons. The van der Waals surface area contributed by atoms with E-state index in [4.69, 9.17) is 9.47 Å². The van der Waals surface area contributed by atoms with Crippen molar-refractivity contribution in [2.45, 2.75) is 33.1 Å². The van der Waals surface area contributed by atoms with E-state index in [-0.39, 0.29) is 36.0 Å². The van der Waals surface area contributed by atoms with Gasteiger partial charge in [-0.1, -0.05) is 13.8 Å². The maximum atomic E-state index is 11.7. The van der Waals surface area contributed by atoms with Gasteiger partial charge >= 0.3 is 5.97 Å². The van der Waals surface area contributed by atoms with Gasteiger partial charge < -0.3 is 9.47 Å². The summed E-state index contributed by atoms with van der Waals surface area (Å²) in [5.41, 5.74) is -0.149. The van der Waals surface area contributed by atoms with Crippen LogP contribution in [0.15, 0.2) is 11.5 Å². The second-order valence-corrected chi connectivity index (χ2v) is 4.77. The molecule has 0 aromatic rings. The van der Waals surface area contributed by atoms with Crippen LogP contribution in [0.2, 0.25) is 0 Å². The predicted molar refractivity (Wildman–Crippen MR) is 51.7 cm³/mol. The van der Waals surface area contributed by atoms with Gasteiger partial charge in [-0.25, -0.2) is 0 Å². The van der Waals surface area contributed by atoms with Crippen LogP contribution in [0, 0.1) is 5.41 Å². The minimum atomic E-state index is -0.314. The summed E-state index contributed by atoms with van der Waals surface area (Å²) >= 11 is 0. The largest absolute Gasteiger partial charge is 0.486 e. The number of Topliss-reactive ketones (excluding diaryl/α,β-unsaturated/α-hetero) is 1.